The molecule has 2 fully saturated rings. The number of imidazole rings is 1. The van der Waals surface area contributed by atoms with Crippen LogP contribution in [0.25, 0.3) is 16.2 Å². The molecule has 0 amide bonds. The van der Waals surface area contributed by atoms with Gasteiger partial charge in [-0.1, -0.05) is 50.6 Å². The van der Waals surface area contributed by atoms with Crippen molar-refractivity contribution in [3.05, 3.63) is 47.1 Å². The van der Waals surface area contributed by atoms with Gasteiger partial charge < -0.3 is 0 Å². The zero-order valence-electron chi connectivity index (χ0n) is 16.8. The highest BCUT2D eigenvalue weighted by Gasteiger charge is 2.47. The Bertz CT molecular complexity index is 965. The number of rotatable bonds is 3. The lowest BCUT2D eigenvalue weighted by molar-refractivity contribution is 0.0805. The molecule has 0 N–H and O–H groups in total. The van der Waals surface area contributed by atoms with Gasteiger partial charge in [-0.15, -0.1) is 11.3 Å². The molecule has 5 rings (SSSR count). The highest BCUT2D eigenvalue weighted by atomic mass is 32.1. The number of benzene rings is 1. The average molecular weight is 380 g/mol. The third-order valence-electron chi connectivity index (χ3n) is 7.20. The van der Waals surface area contributed by atoms with E-state index in [2.05, 4.69) is 72.8 Å². The third kappa shape index (κ3) is 2.85. The SMILES string of the molecule is Cc1ccc(-c2nc3sccn3c2CN2CC3CC2C(C)C(C)(C)C3)cc1. The van der Waals surface area contributed by atoms with Crippen LogP contribution in [-0.4, -0.2) is 26.9 Å². The quantitative estimate of drug-likeness (QED) is 0.588. The van der Waals surface area contributed by atoms with Crippen LogP contribution in [0.5, 0.6) is 0 Å². The Morgan fingerprint density at radius 3 is 2.78 bits per heavy atom. The molecular weight excluding hydrogens is 350 g/mol. The van der Waals surface area contributed by atoms with Gasteiger partial charge in [0.25, 0.3) is 0 Å². The van der Waals surface area contributed by atoms with Crippen molar-refractivity contribution in [1.82, 2.24) is 14.3 Å². The van der Waals surface area contributed by atoms with E-state index < -0.39 is 0 Å². The minimum absolute atomic E-state index is 0.456. The van der Waals surface area contributed by atoms with Crippen molar-refractivity contribution in [2.24, 2.45) is 17.3 Å². The van der Waals surface area contributed by atoms with E-state index >= 15 is 0 Å². The molecule has 3 atom stereocenters. The lowest BCUT2D eigenvalue weighted by Crippen LogP contribution is -2.41. The molecule has 3 heterocycles. The summed E-state index contributed by atoms with van der Waals surface area (Å²) in [7, 11) is 0. The van der Waals surface area contributed by atoms with Crippen LogP contribution in [0, 0.1) is 24.2 Å². The van der Waals surface area contributed by atoms with Crippen molar-refractivity contribution < 1.29 is 0 Å². The molecule has 2 bridgehead atoms. The third-order valence-corrected chi connectivity index (χ3v) is 7.96. The number of hydrogen-bond donors (Lipinski definition) is 0. The van der Waals surface area contributed by atoms with Crippen molar-refractivity contribution >= 4 is 16.3 Å². The summed E-state index contributed by atoms with van der Waals surface area (Å²) in [6, 6.07) is 9.53. The van der Waals surface area contributed by atoms with Gasteiger partial charge in [0.05, 0.1) is 11.4 Å². The molecule has 0 radical (unpaired) electrons. The van der Waals surface area contributed by atoms with Crippen LogP contribution in [0.15, 0.2) is 35.8 Å². The maximum absolute atomic E-state index is 5.00. The van der Waals surface area contributed by atoms with Crippen LogP contribution in [0.3, 0.4) is 0 Å². The van der Waals surface area contributed by atoms with E-state index in [1.165, 1.54) is 36.2 Å². The molecule has 2 aliphatic rings. The van der Waals surface area contributed by atoms with E-state index in [1.54, 1.807) is 11.3 Å². The molecule has 3 nitrogen and oxygen atoms in total. The van der Waals surface area contributed by atoms with Gasteiger partial charge in [-0.2, -0.15) is 0 Å². The molecule has 1 aliphatic heterocycles. The summed E-state index contributed by atoms with van der Waals surface area (Å²) in [6.45, 7) is 11.8. The molecule has 3 aromatic rings. The Hall–Kier alpha value is -1.65. The van der Waals surface area contributed by atoms with Gasteiger partial charge in [0, 0.05) is 36.3 Å². The number of aromatic nitrogens is 2. The fourth-order valence-corrected chi connectivity index (χ4v) is 6.18. The smallest absolute Gasteiger partial charge is 0.194 e. The molecule has 1 aliphatic carbocycles. The first-order chi connectivity index (χ1) is 12.9. The van der Waals surface area contributed by atoms with Crippen molar-refractivity contribution in [1.29, 1.82) is 0 Å². The highest BCUT2D eigenvalue weighted by Crippen LogP contribution is 2.49. The maximum Gasteiger partial charge on any atom is 0.194 e. The predicted molar refractivity (Wildman–Crippen MR) is 113 cm³/mol. The Kier molecular flexibility index (Phi) is 3.99. The first-order valence-corrected chi connectivity index (χ1v) is 11.1. The normalized spacial score (nSPS) is 27.5. The van der Waals surface area contributed by atoms with Crippen LogP contribution in [0.1, 0.15) is 44.9 Å². The standard InChI is InChI=1S/C23H29N3S/c1-15-5-7-18(8-6-15)21-20(26-9-10-27-22(26)24-21)14-25-13-17-11-19(25)16(2)23(3,4)12-17/h5-10,16-17,19H,11-14H2,1-4H3. The molecule has 4 heteroatoms. The predicted octanol–water partition coefficient (Wildman–Crippen LogP) is 5.63. The summed E-state index contributed by atoms with van der Waals surface area (Å²) >= 11 is 1.73. The van der Waals surface area contributed by atoms with E-state index in [4.69, 9.17) is 4.98 Å². The molecule has 27 heavy (non-hydrogen) atoms. The number of nitrogens with zero attached hydrogens (tertiary/aromatic N) is 3. The molecular formula is C23H29N3S. The van der Waals surface area contributed by atoms with Crippen molar-refractivity contribution in [3.63, 3.8) is 0 Å². The maximum atomic E-state index is 5.00. The lowest BCUT2D eigenvalue weighted by atomic mass is 9.65. The van der Waals surface area contributed by atoms with E-state index in [-0.39, 0.29) is 0 Å². The monoisotopic (exact) mass is 379 g/mol. The summed E-state index contributed by atoms with van der Waals surface area (Å²) in [6.07, 6.45) is 4.93. The van der Waals surface area contributed by atoms with Gasteiger partial charge in [0.15, 0.2) is 4.96 Å². The summed E-state index contributed by atoms with van der Waals surface area (Å²) in [4.78, 5) is 8.86. The topological polar surface area (TPSA) is 20.5 Å². The van der Waals surface area contributed by atoms with Gasteiger partial charge in [-0.05, 0) is 37.0 Å². The van der Waals surface area contributed by atoms with Gasteiger partial charge in [-0.25, -0.2) is 4.98 Å². The molecule has 3 unspecified atom stereocenters. The minimum Gasteiger partial charge on any atom is -0.294 e. The minimum atomic E-state index is 0.456. The van der Waals surface area contributed by atoms with Gasteiger partial charge in [-0.3, -0.25) is 9.30 Å². The molecule has 0 spiro atoms. The number of hydrogen-bond acceptors (Lipinski definition) is 3. The molecule has 1 saturated heterocycles. The summed E-state index contributed by atoms with van der Waals surface area (Å²) in [5, 5.41) is 2.15. The van der Waals surface area contributed by atoms with E-state index in [1.807, 2.05) is 0 Å². The van der Waals surface area contributed by atoms with Crippen LogP contribution < -0.4 is 0 Å². The second kappa shape index (κ2) is 6.18. The zero-order chi connectivity index (χ0) is 18.8. The van der Waals surface area contributed by atoms with Crippen LogP contribution in [-0.2, 0) is 6.54 Å². The number of thiazole rings is 1. The van der Waals surface area contributed by atoms with Crippen molar-refractivity contribution in [2.75, 3.05) is 6.54 Å². The van der Waals surface area contributed by atoms with E-state index in [9.17, 15) is 0 Å². The summed E-state index contributed by atoms with van der Waals surface area (Å²) in [5.74, 6) is 1.60. The second-order valence-corrected chi connectivity index (χ2v) is 10.3. The Labute approximate surface area is 166 Å². The number of fused-ring (bicyclic) bond motifs is 3. The number of aryl methyl sites for hydroxylation is 1. The highest BCUT2D eigenvalue weighted by molar-refractivity contribution is 7.15. The Balaban J connectivity index is 1.53. The summed E-state index contributed by atoms with van der Waals surface area (Å²) < 4.78 is 2.32. The van der Waals surface area contributed by atoms with Crippen molar-refractivity contribution in [3.8, 4) is 11.3 Å². The average Bonchev–Trinajstić information content (AvgIpc) is 3.29. The van der Waals surface area contributed by atoms with Gasteiger partial charge in [0.2, 0.25) is 0 Å². The molecule has 2 aromatic heterocycles. The lowest BCUT2D eigenvalue weighted by Gasteiger charge is -2.42. The first-order valence-electron chi connectivity index (χ1n) is 10.2. The van der Waals surface area contributed by atoms with Gasteiger partial charge in [0.1, 0.15) is 0 Å². The van der Waals surface area contributed by atoms with E-state index in [0.29, 0.717) is 11.5 Å². The van der Waals surface area contributed by atoms with E-state index in [0.717, 1.165) is 29.0 Å². The molecule has 1 saturated carbocycles. The number of likely N-dealkylation sites (tertiary alicyclic amines) is 1. The molecule has 1 aromatic carbocycles. The van der Waals surface area contributed by atoms with Crippen LogP contribution in [0.4, 0.5) is 0 Å². The Morgan fingerprint density at radius 2 is 2.00 bits per heavy atom. The second-order valence-electron chi connectivity index (χ2n) is 9.41. The zero-order valence-corrected chi connectivity index (χ0v) is 17.6. The first kappa shape index (κ1) is 17.4. The van der Waals surface area contributed by atoms with Crippen molar-refractivity contribution in [2.45, 2.75) is 53.1 Å². The van der Waals surface area contributed by atoms with Crippen LogP contribution in [0.2, 0.25) is 0 Å². The Morgan fingerprint density at radius 1 is 1.22 bits per heavy atom. The largest absolute Gasteiger partial charge is 0.294 e. The summed E-state index contributed by atoms with van der Waals surface area (Å²) in [5.41, 5.74) is 5.51. The molecule has 142 valence electrons. The van der Waals surface area contributed by atoms with Gasteiger partial charge >= 0.3 is 0 Å². The fourth-order valence-electron chi connectivity index (χ4n) is 5.45. The van der Waals surface area contributed by atoms with Crippen LogP contribution >= 0.6 is 11.3 Å². The fraction of sp³-hybridized carbons (Fsp3) is 0.522.